The summed E-state index contributed by atoms with van der Waals surface area (Å²) in [5.74, 6) is 0.380. The van der Waals surface area contributed by atoms with E-state index in [2.05, 4.69) is 6.07 Å². The van der Waals surface area contributed by atoms with Gasteiger partial charge in [-0.2, -0.15) is 5.26 Å². The summed E-state index contributed by atoms with van der Waals surface area (Å²) in [5.41, 5.74) is 5.45. The molecule has 5 saturated carbocycles. The molecule has 0 aromatic carbocycles. The summed E-state index contributed by atoms with van der Waals surface area (Å²) in [6.07, 6.45) is 4.13. The highest BCUT2D eigenvalue weighted by Gasteiger charge is 2.62. The third kappa shape index (κ3) is 2.16. The monoisotopic (exact) mass is 354 g/mol. The molecule has 0 aromatic rings. The molecule has 5 nitrogen and oxygen atoms in total. The van der Waals surface area contributed by atoms with E-state index in [4.69, 9.17) is 8.48 Å². The van der Waals surface area contributed by atoms with Crippen molar-refractivity contribution >= 4 is 18.3 Å². The topological polar surface area (TPSA) is 90.4 Å². The largest absolute Gasteiger partial charge is 0.390 e. The Labute approximate surface area is 151 Å². The molecule has 6 atom stereocenters. The first-order valence-corrected chi connectivity index (χ1v) is 8.89. The molecule has 3 N–H and O–H groups in total. The van der Waals surface area contributed by atoms with E-state index in [-0.39, 0.29) is 29.6 Å². The highest BCUT2D eigenvalue weighted by Crippen LogP contribution is 2.63. The Bertz CT molecular complexity index is 682. The van der Waals surface area contributed by atoms with Gasteiger partial charge in [-0.05, 0) is 74.5 Å². The standard InChI is InChI=1S/C18H25N3O2.ClH/c19-8-13-2-12-3-14(12)21(13)16(22)15(20)17-4-10-1-11(5-17)7-18(23,6-10)9-17;/h10-15,23H,1-7,9,20H2;1H/t10?,11?,12-,13+,14+,15-,17?,18?;/m1./s1/i3D2,19+1;. The Morgan fingerprint density at radius 3 is 2.58 bits per heavy atom. The van der Waals surface area contributed by atoms with Crippen LogP contribution in [0.4, 0.5) is 0 Å². The van der Waals surface area contributed by atoms with Gasteiger partial charge in [0, 0.05) is 8.78 Å². The number of carbonyl (C=O) groups excluding carboxylic acids is 1. The summed E-state index contributed by atoms with van der Waals surface area (Å²) in [7, 11) is 0. The molecule has 1 heterocycles. The first kappa shape index (κ1) is 14.4. The Balaban J connectivity index is 0.00000168. The zero-order valence-corrected chi connectivity index (χ0v) is 14.5. The molecule has 1 aliphatic heterocycles. The normalized spacial score (nSPS) is 54.9. The molecular formula is C18H26ClN3O2. The number of hydrogen-bond donors (Lipinski definition) is 2. The van der Waals surface area contributed by atoms with Crippen LogP contribution in [0, 0.1) is 34.5 Å². The summed E-state index contributed by atoms with van der Waals surface area (Å²) in [6, 6.07) is 0.370. The molecule has 6 fully saturated rings. The van der Waals surface area contributed by atoms with Crippen molar-refractivity contribution in [3.8, 4) is 6.07 Å². The fourth-order valence-electron chi connectivity index (χ4n) is 6.66. The minimum absolute atomic E-state index is 0. The van der Waals surface area contributed by atoms with Crippen molar-refractivity contribution in [2.45, 2.75) is 75.0 Å². The van der Waals surface area contributed by atoms with Crippen molar-refractivity contribution in [3.63, 3.8) is 0 Å². The van der Waals surface area contributed by atoms with Crippen molar-refractivity contribution in [1.82, 2.24) is 4.90 Å². The van der Waals surface area contributed by atoms with E-state index >= 15 is 0 Å². The average molecular weight is 355 g/mol. The SMILES string of the molecule is Cl.[2H]C1([2H])[C@H]2C[C@@H](C#[15N])N(C(=O)[C@@H](N)C34CC5CC(CC(O)(C5)C3)C4)[C@H]21. The minimum Gasteiger partial charge on any atom is -0.390 e. The van der Waals surface area contributed by atoms with Crippen LogP contribution in [-0.4, -0.2) is 39.6 Å². The summed E-state index contributed by atoms with van der Waals surface area (Å²) < 4.78 is 16.1. The number of carbonyl (C=O) groups is 1. The van der Waals surface area contributed by atoms with Crippen LogP contribution in [0.3, 0.4) is 0 Å². The van der Waals surface area contributed by atoms with E-state index in [1.165, 1.54) is 4.90 Å². The number of amides is 1. The van der Waals surface area contributed by atoms with Gasteiger partial charge in [0.25, 0.3) is 0 Å². The van der Waals surface area contributed by atoms with Crippen LogP contribution in [0.1, 0.15) is 54.1 Å². The minimum atomic E-state index is -1.39. The van der Waals surface area contributed by atoms with E-state index in [1.54, 1.807) is 0 Å². The summed E-state index contributed by atoms with van der Waals surface area (Å²) in [5, 5.41) is 20.3. The summed E-state index contributed by atoms with van der Waals surface area (Å²) in [4.78, 5) is 14.7. The van der Waals surface area contributed by atoms with Gasteiger partial charge in [-0.3, -0.25) is 4.79 Å². The van der Waals surface area contributed by atoms with Crippen molar-refractivity contribution in [2.75, 3.05) is 0 Å². The number of rotatable bonds is 2. The molecule has 6 aliphatic rings. The van der Waals surface area contributed by atoms with Gasteiger partial charge in [-0.25, -0.2) is 0 Å². The number of fused-ring (bicyclic) bond motifs is 1. The molecule has 24 heavy (non-hydrogen) atoms. The third-order valence-corrected chi connectivity index (χ3v) is 7.17. The van der Waals surface area contributed by atoms with Crippen LogP contribution >= 0.6 is 12.4 Å². The second kappa shape index (κ2) is 5.09. The molecule has 6 rings (SSSR count). The maximum atomic E-state index is 13.3. The fourth-order valence-corrected chi connectivity index (χ4v) is 6.66. The lowest BCUT2D eigenvalue weighted by molar-refractivity contribution is -0.177. The van der Waals surface area contributed by atoms with Crippen molar-refractivity contribution in [2.24, 2.45) is 28.9 Å². The number of nitriles is 1. The van der Waals surface area contributed by atoms with Gasteiger partial charge in [0.15, 0.2) is 0 Å². The number of nitrogens with zero attached hydrogens (tertiary/aromatic N) is 2. The molecule has 6 heteroatoms. The molecular weight excluding hydrogens is 327 g/mol. The van der Waals surface area contributed by atoms with Crippen molar-refractivity contribution in [3.05, 3.63) is 0 Å². The van der Waals surface area contributed by atoms with Crippen LogP contribution in [0.25, 0.3) is 0 Å². The first-order valence-electron chi connectivity index (χ1n) is 9.89. The lowest BCUT2D eigenvalue weighted by atomic mass is 9.46. The molecule has 4 bridgehead atoms. The smallest absolute Gasteiger partial charge is 0.241 e. The highest BCUT2D eigenvalue weighted by molar-refractivity contribution is 5.85. The van der Waals surface area contributed by atoms with Gasteiger partial charge in [0.1, 0.15) is 6.04 Å². The second-order valence-electron chi connectivity index (χ2n) is 8.87. The number of likely N-dealkylation sites (tertiary alicyclic amines) is 1. The van der Waals surface area contributed by atoms with Gasteiger partial charge in [-0.15, -0.1) is 12.4 Å². The van der Waals surface area contributed by atoms with Crippen LogP contribution in [0.5, 0.6) is 0 Å². The quantitative estimate of drug-likeness (QED) is 0.736. The van der Waals surface area contributed by atoms with Gasteiger partial charge >= 0.3 is 0 Å². The average Bonchev–Trinajstić information content (AvgIpc) is 2.89. The van der Waals surface area contributed by atoms with Crippen LogP contribution in [0.2, 0.25) is 0 Å². The van der Waals surface area contributed by atoms with Crippen LogP contribution in [-0.2, 0) is 4.79 Å². The molecule has 0 spiro atoms. The van der Waals surface area contributed by atoms with Gasteiger partial charge in [0.05, 0.1) is 17.7 Å². The highest BCUT2D eigenvalue weighted by atomic mass is 35.5. The van der Waals surface area contributed by atoms with E-state index in [1.807, 2.05) is 0 Å². The fraction of sp³-hybridized carbons (Fsp3) is 0.889. The summed E-state index contributed by atoms with van der Waals surface area (Å²) >= 11 is 0. The molecule has 0 radical (unpaired) electrons. The molecule has 1 amide bonds. The Kier molecular flexibility index (Phi) is 3.05. The number of aliphatic hydroxyl groups is 1. The number of halogens is 1. The molecule has 132 valence electrons. The predicted molar refractivity (Wildman–Crippen MR) is 90.0 cm³/mol. The van der Waals surface area contributed by atoms with Gasteiger partial charge < -0.3 is 15.7 Å². The lowest BCUT2D eigenvalue weighted by Gasteiger charge is -2.61. The molecule has 5 aliphatic carbocycles. The van der Waals surface area contributed by atoms with E-state index in [0.29, 0.717) is 24.7 Å². The Morgan fingerprint density at radius 1 is 1.33 bits per heavy atom. The van der Waals surface area contributed by atoms with E-state index in [9.17, 15) is 15.2 Å². The molecule has 2 unspecified atom stereocenters. The zero-order valence-electron chi connectivity index (χ0n) is 15.6. The van der Waals surface area contributed by atoms with Gasteiger partial charge in [-0.1, -0.05) is 0 Å². The zero-order chi connectivity index (χ0) is 17.8. The second-order valence-corrected chi connectivity index (χ2v) is 8.87. The Hall–Kier alpha value is -0.830. The Morgan fingerprint density at radius 2 is 2.00 bits per heavy atom. The molecule has 1 saturated heterocycles. The molecule has 0 aromatic heterocycles. The third-order valence-electron chi connectivity index (χ3n) is 7.17. The van der Waals surface area contributed by atoms with Crippen LogP contribution in [0.15, 0.2) is 0 Å². The van der Waals surface area contributed by atoms with E-state index in [0.717, 1.165) is 32.1 Å². The van der Waals surface area contributed by atoms with E-state index < -0.39 is 30.1 Å². The van der Waals surface area contributed by atoms with Crippen LogP contribution < -0.4 is 5.73 Å². The number of piperidine rings is 1. The number of nitrogens with two attached hydrogens (primary N) is 1. The lowest BCUT2D eigenvalue weighted by Crippen LogP contribution is -2.64. The maximum Gasteiger partial charge on any atom is 0.241 e. The predicted octanol–water partition coefficient (Wildman–Crippen LogP) is 1.58. The first-order chi connectivity index (χ1) is 11.7. The van der Waals surface area contributed by atoms with Crippen molar-refractivity contribution in [1.29, 1.82) is 5.26 Å². The maximum absolute atomic E-state index is 13.3. The van der Waals surface area contributed by atoms with Gasteiger partial charge in [0.2, 0.25) is 5.91 Å². The number of hydrogen-bond acceptors (Lipinski definition) is 4. The summed E-state index contributed by atoms with van der Waals surface area (Å²) in [6.45, 7) is 0. The van der Waals surface area contributed by atoms with Crippen molar-refractivity contribution < 1.29 is 12.6 Å².